The van der Waals surface area contributed by atoms with Gasteiger partial charge in [-0.3, -0.25) is 5.10 Å². The zero-order chi connectivity index (χ0) is 9.86. The van der Waals surface area contributed by atoms with Crippen molar-refractivity contribution in [3.63, 3.8) is 0 Å². The van der Waals surface area contributed by atoms with Crippen LogP contribution in [0.3, 0.4) is 0 Å². The van der Waals surface area contributed by atoms with E-state index in [9.17, 15) is 0 Å². The summed E-state index contributed by atoms with van der Waals surface area (Å²) in [5.74, 6) is 0. The van der Waals surface area contributed by atoms with Crippen LogP contribution in [-0.2, 0) is 11.3 Å². The molecule has 0 radical (unpaired) electrons. The average molecular weight is 195 g/mol. The molecule has 1 saturated heterocycles. The van der Waals surface area contributed by atoms with Crippen LogP contribution in [0.5, 0.6) is 0 Å². The third-order valence-electron chi connectivity index (χ3n) is 2.87. The van der Waals surface area contributed by atoms with Gasteiger partial charge in [0, 0.05) is 37.1 Å². The van der Waals surface area contributed by atoms with Gasteiger partial charge in [-0.2, -0.15) is 5.10 Å². The summed E-state index contributed by atoms with van der Waals surface area (Å²) in [7, 11) is 0. The van der Waals surface area contributed by atoms with E-state index < -0.39 is 0 Å². The number of hydrogen-bond acceptors (Lipinski definition) is 3. The van der Waals surface area contributed by atoms with Gasteiger partial charge in [-0.15, -0.1) is 0 Å². The van der Waals surface area contributed by atoms with E-state index in [1.54, 1.807) is 0 Å². The Labute approximate surface area is 84.0 Å². The topological polar surface area (TPSA) is 49.9 Å². The van der Waals surface area contributed by atoms with Gasteiger partial charge in [-0.1, -0.05) is 0 Å². The second-order valence-corrected chi connectivity index (χ2v) is 4.13. The van der Waals surface area contributed by atoms with Gasteiger partial charge in [0.1, 0.15) is 0 Å². The van der Waals surface area contributed by atoms with Gasteiger partial charge in [-0.05, 0) is 19.8 Å². The maximum absolute atomic E-state index is 5.34. The molecular formula is C10H17N3O. The van der Waals surface area contributed by atoms with Gasteiger partial charge in [0.25, 0.3) is 0 Å². The lowest BCUT2D eigenvalue weighted by molar-refractivity contribution is 0.0446. The second-order valence-electron chi connectivity index (χ2n) is 4.13. The monoisotopic (exact) mass is 195 g/mol. The van der Waals surface area contributed by atoms with Crippen molar-refractivity contribution >= 4 is 0 Å². The van der Waals surface area contributed by atoms with Gasteiger partial charge in [-0.25, -0.2) is 0 Å². The summed E-state index contributed by atoms with van der Waals surface area (Å²) in [6, 6.07) is 0. The molecule has 0 saturated carbocycles. The molecule has 4 nitrogen and oxygen atoms in total. The molecule has 0 aliphatic carbocycles. The van der Waals surface area contributed by atoms with Crippen molar-refractivity contribution in [3.8, 4) is 0 Å². The maximum Gasteiger partial charge on any atom is 0.0532 e. The van der Waals surface area contributed by atoms with Crippen molar-refractivity contribution in [1.82, 2.24) is 15.5 Å². The Hall–Kier alpha value is -0.870. The van der Waals surface area contributed by atoms with Gasteiger partial charge < -0.3 is 10.1 Å². The minimum absolute atomic E-state index is 0.232. The van der Waals surface area contributed by atoms with E-state index >= 15 is 0 Å². The molecule has 0 unspecified atom stereocenters. The first-order valence-electron chi connectivity index (χ1n) is 5.09. The smallest absolute Gasteiger partial charge is 0.0532 e. The van der Waals surface area contributed by atoms with Crippen molar-refractivity contribution < 1.29 is 4.74 Å². The fourth-order valence-corrected chi connectivity index (χ4v) is 1.69. The molecule has 1 aromatic rings. The standard InChI is InChI=1S/C10H17N3O/c1-10(2-4-14-5-3-10)11-6-9-7-12-13-8-9/h7-8,11H,2-6H2,1H3,(H,12,13). The number of ether oxygens (including phenoxy) is 1. The molecule has 0 spiro atoms. The Balaban J connectivity index is 1.84. The molecule has 2 rings (SSSR count). The largest absolute Gasteiger partial charge is 0.381 e. The van der Waals surface area contributed by atoms with E-state index in [2.05, 4.69) is 22.4 Å². The van der Waals surface area contributed by atoms with Crippen molar-refractivity contribution in [2.75, 3.05) is 13.2 Å². The highest BCUT2D eigenvalue weighted by Crippen LogP contribution is 2.19. The fourth-order valence-electron chi connectivity index (χ4n) is 1.69. The fraction of sp³-hybridized carbons (Fsp3) is 0.700. The Bertz CT molecular complexity index is 265. The number of nitrogens with one attached hydrogen (secondary N) is 2. The van der Waals surface area contributed by atoms with E-state index in [1.807, 2.05) is 12.4 Å². The summed E-state index contributed by atoms with van der Waals surface area (Å²) < 4.78 is 5.34. The van der Waals surface area contributed by atoms with Crippen LogP contribution in [0.2, 0.25) is 0 Å². The summed E-state index contributed by atoms with van der Waals surface area (Å²) in [5.41, 5.74) is 1.44. The van der Waals surface area contributed by atoms with E-state index in [1.165, 1.54) is 5.56 Å². The van der Waals surface area contributed by atoms with Crippen LogP contribution in [0.15, 0.2) is 12.4 Å². The molecule has 0 amide bonds. The van der Waals surface area contributed by atoms with Crippen LogP contribution in [0.1, 0.15) is 25.3 Å². The molecule has 1 aliphatic heterocycles. The SMILES string of the molecule is CC1(NCc2cn[nH]c2)CCOCC1. The van der Waals surface area contributed by atoms with Crippen LogP contribution in [0, 0.1) is 0 Å². The molecule has 2 N–H and O–H groups in total. The quantitative estimate of drug-likeness (QED) is 0.758. The summed E-state index contributed by atoms with van der Waals surface area (Å²) in [6.45, 7) is 4.88. The second kappa shape index (κ2) is 4.11. The van der Waals surface area contributed by atoms with E-state index in [0.29, 0.717) is 0 Å². The lowest BCUT2D eigenvalue weighted by Gasteiger charge is -2.34. The minimum Gasteiger partial charge on any atom is -0.381 e. The third kappa shape index (κ3) is 2.33. The Kier molecular flexibility index (Phi) is 2.84. The van der Waals surface area contributed by atoms with Gasteiger partial charge in [0.15, 0.2) is 0 Å². The van der Waals surface area contributed by atoms with E-state index in [0.717, 1.165) is 32.6 Å². The van der Waals surface area contributed by atoms with Gasteiger partial charge >= 0.3 is 0 Å². The van der Waals surface area contributed by atoms with Gasteiger partial charge in [0.2, 0.25) is 0 Å². The highest BCUT2D eigenvalue weighted by atomic mass is 16.5. The molecule has 0 atom stereocenters. The summed E-state index contributed by atoms with van der Waals surface area (Å²) in [4.78, 5) is 0. The highest BCUT2D eigenvalue weighted by molar-refractivity contribution is 5.03. The molecule has 2 heterocycles. The minimum atomic E-state index is 0.232. The zero-order valence-electron chi connectivity index (χ0n) is 8.55. The molecule has 78 valence electrons. The van der Waals surface area contributed by atoms with Crippen LogP contribution in [-0.4, -0.2) is 29.0 Å². The molecule has 0 aromatic carbocycles. The normalized spacial score (nSPS) is 20.9. The van der Waals surface area contributed by atoms with E-state index in [4.69, 9.17) is 4.74 Å². The zero-order valence-corrected chi connectivity index (χ0v) is 8.55. The first-order chi connectivity index (χ1) is 6.79. The third-order valence-corrected chi connectivity index (χ3v) is 2.87. The molecule has 4 heteroatoms. The molecule has 14 heavy (non-hydrogen) atoms. The number of aromatic nitrogens is 2. The summed E-state index contributed by atoms with van der Waals surface area (Å²) >= 11 is 0. The number of H-pyrrole nitrogens is 1. The lowest BCUT2D eigenvalue weighted by Crippen LogP contribution is -2.46. The molecule has 0 bridgehead atoms. The van der Waals surface area contributed by atoms with Crippen LogP contribution in [0.4, 0.5) is 0 Å². The number of rotatable bonds is 3. The Morgan fingerprint density at radius 3 is 3.00 bits per heavy atom. The lowest BCUT2D eigenvalue weighted by atomic mass is 9.92. The van der Waals surface area contributed by atoms with Crippen molar-refractivity contribution in [2.45, 2.75) is 31.8 Å². The Morgan fingerprint density at radius 1 is 1.57 bits per heavy atom. The maximum atomic E-state index is 5.34. The summed E-state index contributed by atoms with van der Waals surface area (Å²) in [6.07, 6.45) is 5.96. The molecular weight excluding hydrogens is 178 g/mol. The summed E-state index contributed by atoms with van der Waals surface area (Å²) in [5, 5.41) is 10.3. The first kappa shape index (κ1) is 9.68. The van der Waals surface area contributed by atoms with Crippen LogP contribution < -0.4 is 5.32 Å². The first-order valence-corrected chi connectivity index (χ1v) is 5.09. The van der Waals surface area contributed by atoms with Crippen LogP contribution in [0.25, 0.3) is 0 Å². The predicted octanol–water partition coefficient (Wildman–Crippen LogP) is 1.07. The van der Waals surface area contributed by atoms with E-state index in [-0.39, 0.29) is 5.54 Å². The van der Waals surface area contributed by atoms with Crippen LogP contribution >= 0.6 is 0 Å². The average Bonchev–Trinajstić information content (AvgIpc) is 2.69. The number of aromatic amines is 1. The van der Waals surface area contributed by atoms with Crippen molar-refractivity contribution in [1.29, 1.82) is 0 Å². The number of nitrogens with zero attached hydrogens (tertiary/aromatic N) is 1. The molecule has 1 fully saturated rings. The number of hydrogen-bond donors (Lipinski definition) is 2. The van der Waals surface area contributed by atoms with Crippen molar-refractivity contribution in [3.05, 3.63) is 18.0 Å². The van der Waals surface area contributed by atoms with Gasteiger partial charge in [0.05, 0.1) is 6.20 Å². The Morgan fingerprint density at radius 2 is 2.36 bits per heavy atom. The van der Waals surface area contributed by atoms with Crippen molar-refractivity contribution in [2.24, 2.45) is 0 Å². The molecule has 1 aromatic heterocycles. The predicted molar refractivity (Wildman–Crippen MR) is 53.9 cm³/mol. The highest BCUT2D eigenvalue weighted by Gasteiger charge is 2.26. The molecule has 1 aliphatic rings.